The van der Waals surface area contributed by atoms with E-state index < -0.39 is 27.3 Å². The molecule has 1 aliphatic rings. The van der Waals surface area contributed by atoms with Crippen molar-refractivity contribution in [1.82, 2.24) is 9.62 Å². The summed E-state index contributed by atoms with van der Waals surface area (Å²) < 4.78 is 27.1. The summed E-state index contributed by atoms with van der Waals surface area (Å²) in [6.07, 6.45) is 1.42. The summed E-state index contributed by atoms with van der Waals surface area (Å²) in [5.74, 6) is -1.11. The molecule has 9 heteroatoms. The highest BCUT2D eigenvalue weighted by molar-refractivity contribution is 9.09. The number of rotatable bonds is 8. The van der Waals surface area contributed by atoms with Crippen LogP contribution in [0.25, 0.3) is 0 Å². The van der Waals surface area contributed by atoms with Crippen molar-refractivity contribution >= 4 is 37.8 Å². The Hall–Kier alpha value is -0.670. The highest BCUT2D eigenvalue weighted by atomic mass is 79.9. The van der Waals surface area contributed by atoms with Gasteiger partial charge in [-0.1, -0.05) is 22.9 Å². The fourth-order valence-electron chi connectivity index (χ4n) is 2.67. The molecule has 0 aromatic carbocycles. The number of hydrogen-bond acceptors (Lipinski definition) is 4. The van der Waals surface area contributed by atoms with Crippen LogP contribution in [0.15, 0.2) is 0 Å². The number of carboxylic acids is 1. The number of piperidine rings is 1. The van der Waals surface area contributed by atoms with Gasteiger partial charge in [0.05, 0.1) is 17.0 Å². The van der Waals surface area contributed by atoms with E-state index in [9.17, 15) is 18.0 Å². The maximum absolute atomic E-state index is 12.2. The van der Waals surface area contributed by atoms with Gasteiger partial charge in [-0.15, -0.1) is 0 Å². The molecule has 1 rings (SSSR count). The van der Waals surface area contributed by atoms with Gasteiger partial charge in [0, 0.05) is 19.1 Å². The van der Waals surface area contributed by atoms with E-state index in [1.165, 1.54) is 0 Å². The Morgan fingerprint density at radius 2 is 1.91 bits per heavy atom. The molecule has 1 fully saturated rings. The molecule has 1 heterocycles. The standard InChI is InChI=1S/C14H25BrN2O5S/c1-3-10(2)23(21,22)16-12(8-14(19)20)11-4-6-17(7-5-11)13(18)9-15/h10-12,16H,3-9H2,1-2H3,(H,19,20). The number of carbonyl (C=O) groups excluding carboxylic acids is 1. The van der Waals surface area contributed by atoms with Crippen LogP contribution in [0.1, 0.15) is 39.5 Å². The van der Waals surface area contributed by atoms with Gasteiger partial charge >= 0.3 is 5.97 Å². The van der Waals surface area contributed by atoms with Crippen LogP contribution >= 0.6 is 15.9 Å². The summed E-state index contributed by atoms with van der Waals surface area (Å²) in [6, 6.07) is -0.632. The zero-order valence-electron chi connectivity index (χ0n) is 13.5. The van der Waals surface area contributed by atoms with Gasteiger partial charge in [-0.2, -0.15) is 0 Å². The van der Waals surface area contributed by atoms with Gasteiger partial charge < -0.3 is 10.0 Å². The highest BCUT2D eigenvalue weighted by Crippen LogP contribution is 2.24. The minimum Gasteiger partial charge on any atom is -0.481 e. The lowest BCUT2D eigenvalue weighted by Crippen LogP contribution is -2.49. The maximum atomic E-state index is 12.2. The number of hydrogen-bond donors (Lipinski definition) is 2. The molecule has 1 aliphatic heterocycles. The van der Waals surface area contributed by atoms with Crippen molar-refractivity contribution in [3.8, 4) is 0 Å². The number of halogens is 1. The second-order valence-corrected chi connectivity index (χ2v) is 8.63. The predicted octanol–water partition coefficient (Wildman–Crippen LogP) is 1.18. The predicted molar refractivity (Wildman–Crippen MR) is 90.9 cm³/mol. The molecule has 2 atom stereocenters. The molecule has 1 saturated heterocycles. The molecule has 0 aromatic heterocycles. The molecule has 0 spiro atoms. The molecule has 1 amide bonds. The first kappa shape index (κ1) is 20.4. The zero-order valence-corrected chi connectivity index (χ0v) is 15.9. The molecular formula is C14H25BrN2O5S. The van der Waals surface area contributed by atoms with Crippen molar-refractivity contribution in [1.29, 1.82) is 0 Å². The molecule has 7 nitrogen and oxygen atoms in total. The topological polar surface area (TPSA) is 104 Å². The number of likely N-dealkylation sites (tertiary alicyclic amines) is 1. The van der Waals surface area contributed by atoms with Crippen molar-refractivity contribution in [3.63, 3.8) is 0 Å². The van der Waals surface area contributed by atoms with Gasteiger partial charge in [0.1, 0.15) is 0 Å². The summed E-state index contributed by atoms with van der Waals surface area (Å²) in [6.45, 7) is 4.43. The van der Waals surface area contributed by atoms with Crippen LogP contribution in [-0.4, -0.2) is 60.0 Å². The molecule has 23 heavy (non-hydrogen) atoms. The largest absolute Gasteiger partial charge is 0.481 e. The van der Waals surface area contributed by atoms with E-state index in [0.29, 0.717) is 32.4 Å². The zero-order chi connectivity index (χ0) is 17.6. The van der Waals surface area contributed by atoms with Crippen molar-refractivity contribution in [2.45, 2.75) is 50.8 Å². The van der Waals surface area contributed by atoms with Gasteiger partial charge in [-0.25, -0.2) is 13.1 Å². The third kappa shape index (κ3) is 6.04. The van der Waals surface area contributed by atoms with E-state index >= 15 is 0 Å². The van der Waals surface area contributed by atoms with Gasteiger partial charge in [0.25, 0.3) is 0 Å². The van der Waals surface area contributed by atoms with Crippen LogP contribution in [0.3, 0.4) is 0 Å². The molecule has 0 aromatic rings. The lowest BCUT2D eigenvalue weighted by atomic mass is 9.88. The Bertz CT molecular complexity index is 517. The molecule has 0 radical (unpaired) electrons. The average molecular weight is 413 g/mol. The lowest BCUT2D eigenvalue weighted by molar-refractivity contribution is -0.138. The number of aliphatic carboxylic acids is 1. The first-order valence-corrected chi connectivity index (χ1v) is 10.4. The van der Waals surface area contributed by atoms with E-state index in [1.807, 2.05) is 0 Å². The van der Waals surface area contributed by atoms with Crippen LogP contribution in [0.2, 0.25) is 0 Å². The SMILES string of the molecule is CCC(C)S(=O)(=O)NC(CC(=O)O)C1CCN(C(=O)CBr)CC1. The Kier molecular flexibility index (Phi) is 7.96. The third-order valence-electron chi connectivity index (χ3n) is 4.39. The van der Waals surface area contributed by atoms with Gasteiger partial charge in [0.15, 0.2) is 0 Å². The smallest absolute Gasteiger partial charge is 0.304 e. The van der Waals surface area contributed by atoms with Crippen molar-refractivity contribution < 1.29 is 23.1 Å². The Labute approximate surface area is 146 Å². The molecule has 2 N–H and O–H groups in total. The van der Waals surface area contributed by atoms with Gasteiger partial charge in [-0.05, 0) is 32.1 Å². The van der Waals surface area contributed by atoms with E-state index in [1.54, 1.807) is 18.7 Å². The molecule has 134 valence electrons. The van der Waals surface area contributed by atoms with Crippen molar-refractivity contribution in [2.75, 3.05) is 18.4 Å². The van der Waals surface area contributed by atoms with Crippen LogP contribution in [0.5, 0.6) is 0 Å². The monoisotopic (exact) mass is 412 g/mol. The fraction of sp³-hybridized carbons (Fsp3) is 0.857. The van der Waals surface area contributed by atoms with Gasteiger partial charge in [-0.3, -0.25) is 9.59 Å². The molecular weight excluding hydrogens is 388 g/mol. The summed E-state index contributed by atoms with van der Waals surface area (Å²) in [4.78, 5) is 24.5. The second kappa shape index (κ2) is 8.98. The first-order valence-electron chi connectivity index (χ1n) is 7.77. The second-order valence-electron chi connectivity index (χ2n) is 5.94. The van der Waals surface area contributed by atoms with Crippen molar-refractivity contribution in [3.05, 3.63) is 0 Å². The van der Waals surface area contributed by atoms with Crippen LogP contribution < -0.4 is 4.72 Å². The summed E-state index contributed by atoms with van der Waals surface area (Å²) in [5, 5.41) is 8.78. The summed E-state index contributed by atoms with van der Waals surface area (Å²) >= 11 is 3.13. The number of carbonyl (C=O) groups is 2. The minimum absolute atomic E-state index is 0.00146. The van der Waals surface area contributed by atoms with Gasteiger partial charge in [0.2, 0.25) is 15.9 Å². The normalized spacial score (nSPS) is 19.3. The van der Waals surface area contributed by atoms with E-state index in [4.69, 9.17) is 5.11 Å². The van der Waals surface area contributed by atoms with Crippen molar-refractivity contribution in [2.24, 2.45) is 5.92 Å². The number of carboxylic acid groups (broad SMARTS) is 1. The Morgan fingerprint density at radius 1 is 1.35 bits per heavy atom. The fourth-order valence-corrected chi connectivity index (χ4v) is 4.40. The summed E-state index contributed by atoms with van der Waals surface area (Å²) in [7, 11) is -3.54. The summed E-state index contributed by atoms with van der Waals surface area (Å²) in [5.41, 5.74) is 0. The van der Waals surface area contributed by atoms with E-state index in [-0.39, 0.29) is 23.6 Å². The maximum Gasteiger partial charge on any atom is 0.304 e. The average Bonchev–Trinajstić information content (AvgIpc) is 2.52. The lowest BCUT2D eigenvalue weighted by Gasteiger charge is -2.36. The molecule has 0 aliphatic carbocycles. The van der Waals surface area contributed by atoms with Crippen LogP contribution in [0, 0.1) is 5.92 Å². The Morgan fingerprint density at radius 3 is 2.35 bits per heavy atom. The number of nitrogens with zero attached hydrogens (tertiary/aromatic N) is 1. The molecule has 0 bridgehead atoms. The number of sulfonamides is 1. The minimum atomic E-state index is -3.54. The highest BCUT2D eigenvalue weighted by Gasteiger charge is 2.33. The third-order valence-corrected chi connectivity index (χ3v) is 6.89. The molecule has 2 unspecified atom stereocenters. The Balaban J connectivity index is 2.76. The van der Waals surface area contributed by atoms with Crippen LogP contribution in [-0.2, 0) is 19.6 Å². The number of alkyl halides is 1. The molecule has 0 saturated carbocycles. The number of nitrogens with one attached hydrogen (secondary N) is 1. The van der Waals surface area contributed by atoms with E-state index in [2.05, 4.69) is 20.7 Å². The number of amides is 1. The first-order chi connectivity index (χ1) is 10.7. The quantitative estimate of drug-likeness (QED) is 0.582. The van der Waals surface area contributed by atoms with E-state index in [0.717, 1.165) is 0 Å². The van der Waals surface area contributed by atoms with Crippen LogP contribution in [0.4, 0.5) is 0 Å².